The number of benzene rings is 1. The summed E-state index contributed by atoms with van der Waals surface area (Å²) < 4.78 is 0. The topological polar surface area (TPSA) is 23.6 Å². The fourth-order valence-corrected chi connectivity index (χ4v) is 6.66. The van der Waals surface area contributed by atoms with Crippen LogP contribution < -0.4 is 0 Å². The molecule has 3 rings (SSSR count). The molecule has 1 unspecified atom stereocenters. The molecule has 0 saturated carbocycles. The highest BCUT2D eigenvalue weighted by atomic mass is 35.5. The third-order valence-electron chi connectivity index (χ3n) is 4.91. The summed E-state index contributed by atoms with van der Waals surface area (Å²) in [5.74, 6) is 1.64. The van der Waals surface area contributed by atoms with Gasteiger partial charge in [0.15, 0.2) is 0 Å². The molecule has 2 aliphatic rings. The molecule has 2 fully saturated rings. The van der Waals surface area contributed by atoms with Crippen LogP contribution in [0.4, 0.5) is 0 Å². The number of hydrogen-bond donors (Lipinski definition) is 0. The van der Waals surface area contributed by atoms with Gasteiger partial charge in [-0.3, -0.25) is 9.69 Å². The van der Waals surface area contributed by atoms with E-state index >= 15 is 0 Å². The number of amides is 1. The molecule has 0 aliphatic carbocycles. The Labute approximate surface area is 164 Å². The molecule has 1 aromatic rings. The number of nitrogens with zero attached hydrogens (tertiary/aromatic N) is 2. The van der Waals surface area contributed by atoms with Crippen molar-refractivity contribution < 1.29 is 4.79 Å². The van der Waals surface area contributed by atoms with Gasteiger partial charge in [-0.15, -0.1) is 0 Å². The number of piperazine rings is 1. The van der Waals surface area contributed by atoms with Crippen LogP contribution in [0, 0.1) is 0 Å². The van der Waals surface area contributed by atoms with Crippen molar-refractivity contribution in [1.29, 1.82) is 0 Å². The van der Waals surface area contributed by atoms with E-state index < -0.39 is 0 Å². The number of halogens is 1. The Hall–Kier alpha value is -0.360. The Morgan fingerprint density at radius 2 is 2.04 bits per heavy atom. The highest BCUT2D eigenvalue weighted by molar-refractivity contribution is 8.77. The van der Waals surface area contributed by atoms with Crippen LogP contribution in [-0.2, 0) is 11.3 Å². The summed E-state index contributed by atoms with van der Waals surface area (Å²) in [6, 6.07) is 8.05. The summed E-state index contributed by atoms with van der Waals surface area (Å²) in [5, 5.41) is 1.62. The molecule has 1 amide bonds. The zero-order valence-electron chi connectivity index (χ0n) is 14.7. The van der Waals surface area contributed by atoms with Gasteiger partial charge in [-0.2, -0.15) is 0 Å². The summed E-state index contributed by atoms with van der Waals surface area (Å²) in [4.78, 5) is 16.8. The Bertz CT molecular complexity index is 558. The number of unbranched alkanes of at least 4 members (excludes halogenated alkanes) is 1. The van der Waals surface area contributed by atoms with Gasteiger partial charge in [0.05, 0.1) is 0 Å². The van der Waals surface area contributed by atoms with E-state index in [4.69, 9.17) is 11.6 Å². The van der Waals surface area contributed by atoms with E-state index in [9.17, 15) is 4.79 Å². The molecular formula is C19H27ClN2OS2. The van der Waals surface area contributed by atoms with Crippen LogP contribution in [0.25, 0.3) is 0 Å². The van der Waals surface area contributed by atoms with Crippen LogP contribution in [0.5, 0.6) is 0 Å². The van der Waals surface area contributed by atoms with Crippen molar-refractivity contribution in [3.8, 4) is 0 Å². The molecule has 1 aromatic carbocycles. The Kier molecular flexibility index (Phi) is 7.84. The Morgan fingerprint density at radius 3 is 2.76 bits per heavy atom. The average Bonchev–Trinajstić information content (AvgIpc) is 3.13. The minimum Gasteiger partial charge on any atom is -0.340 e. The Balaban J connectivity index is 1.31. The van der Waals surface area contributed by atoms with Crippen molar-refractivity contribution in [1.82, 2.24) is 9.80 Å². The molecule has 6 heteroatoms. The van der Waals surface area contributed by atoms with Gasteiger partial charge in [0, 0.05) is 55.2 Å². The molecule has 0 aromatic heterocycles. The standard InChI is InChI=1S/C19H27ClN2OS2/c20-17-5-3-4-16(14-17)15-21-9-11-22(12-10-21)19(23)7-2-1-6-18-8-13-24-25-18/h3-5,14,18H,1-2,6-13,15H2. The lowest BCUT2D eigenvalue weighted by Crippen LogP contribution is -2.48. The van der Waals surface area contributed by atoms with Crippen LogP contribution >= 0.6 is 33.2 Å². The van der Waals surface area contributed by atoms with Crippen molar-refractivity contribution in [2.75, 3.05) is 31.9 Å². The maximum Gasteiger partial charge on any atom is 0.222 e. The molecule has 25 heavy (non-hydrogen) atoms. The van der Waals surface area contributed by atoms with E-state index in [1.54, 1.807) is 0 Å². The van der Waals surface area contributed by atoms with Crippen molar-refractivity contribution in [3.05, 3.63) is 34.9 Å². The first kappa shape index (κ1) is 19.4. The zero-order chi connectivity index (χ0) is 17.5. The van der Waals surface area contributed by atoms with Gasteiger partial charge in [0.1, 0.15) is 0 Å². The van der Waals surface area contributed by atoms with Crippen LogP contribution in [0.3, 0.4) is 0 Å². The second-order valence-electron chi connectivity index (χ2n) is 6.86. The van der Waals surface area contributed by atoms with E-state index in [0.29, 0.717) is 5.91 Å². The van der Waals surface area contributed by atoms with Crippen LogP contribution in [0.2, 0.25) is 5.02 Å². The molecule has 2 heterocycles. The molecule has 0 N–H and O–H groups in total. The summed E-state index contributed by atoms with van der Waals surface area (Å²) >= 11 is 6.06. The Morgan fingerprint density at radius 1 is 1.20 bits per heavy atom. The first-order valence-electron chi connectivity index (χ1n) is 9.23. The molecular weight excluding hydrogens is 372 g/mol. The number of hydrogen-bond acceptors (Lipinski definition) is 4. The molecule has 2 saturated heterocycles. The monoisotopic (exact) mass is 398 g/mol. The van der Waals surface area contributed by atoms with E-state index in [1.807, 2.05) is 39.8 Å². The van der Waals surface area contributed by atoms with E-state index in [0.717, 1.165) is 55.8 Å². The lowest BCUT2D eigenvalue weighted by molar-refractivity contribution is -0.133. The maximum atomic E-state index is 12.4. The van der Waals surface area contributed by atoms with Crippen molar-refractivity contribution >= 4 is 39.1 Å². The lowest BCUT2D eigenvalue weighted by atomic mass is 10.1. The highest BCUT2D eigenvalue weighted by Gasteiger charge is 2.21. The summed E-state index contributed by atoms with van der Waals surface area (Å²) in [6.45, 7) is 4.53. The van der Waals surface area contributed by atoms with Crippen LogP contribution in [0.15, 0.2) is 24.3 Å². The van der Waals surface area contributed by atoms with Gasteiger partial charge < -0.3 is 4.90 Å². The number of carbonyl (C=O) groups excluding carboxylic acids is 1. The molecule has 0 spiro atoms. The summed E-state index contributed by atoms with van der Waals surface area (Å²) in [6.07, 6.45) is 5.58. The predicted molar refractivity (Wildman–Crippen MR) is 110 cm³/mol. The molecule has 0 bridgehead atoms. The van der Waals surface area contributed by atoms with Crippen LogP contribution in [0.1, 0.15) is 37.7 Å². The average molecular weight is 399 g/mol. The van der Waals surface area contributed by atoms with Gasteiger partial charge in [-0.25, -0.2) is 0 Å². The van der Waals surface area contributed by atoms with E-state index in [1.165, 1.54) is 30.6 Å². The minimum absolute atomic E-state index is 0.343. The lowest BCUT2D eigenvalue weighted by Gasteiger charge is -2.35. The smallest absolute Gasteiger partial charge is 0.222 e. The molecule has 3 nitrogen and oxygen atoms in total. The molecule has 2 aliphatic heterocycles. The quantitative estimate of drug-likeness (QED) is 0.490. The maximum absolute atomic E-state index is 12.4. The number of rotatable bonds is 7. The van der Waals surface area contributed by atoms with Crippen molar-refractivity contribution in [3.63, 3.8) is 0 Å². The van der Waals surface area contributed by atoms with E-state index in [2.05, 4.69) is 15.9 Å². The largest absolute Gasteiger partial charge is 0.340 e. The summed E-state index contributed by atoms with van der Waals surface area (Å²) in [5.41, 5.74) is 1.25. The van der Waals surface area contributed by atoms with Crippen molar-refractivity contribution in [2.24, 2.45) is 0 Å². The predicted octanol–water partition coefficient (Wildman–Crippen LogP) is 4.70. The second kappa shape index (κ2) is 10.1. The second-order valence-corrected chi connectivity index (χ2v) is 10.1. The highest BCUT2D eigenvalue weighted by Crippen LogP contribution is 2.39. The van der Waals surface area contributed by atoms with Gasteiger partial charge >= 0.3 is 0 Å². The van der Waals surface area contributed by atoms with E-state index in [-0.39, 0.29) is 0 Å². The first-order chi connectivity index (χ1) is 12.2. The molecule has 138 valence electrons. The minimum atomic E-state index is 0.343. The summed E-state index contributed by atoms with van der Waals surface area (Å²) in [7, 11) is 4.04. The zero-order valence-corrected chi connectivity index (χ0v) is 17.1. The van der Waals surface area contributed by atoms with Gasteiger partial charge in [0.25, 0.3) is 0 Å². The fraction of sp³-hybridized carbons (Fsp3) is 0.632. The van der Waals surface area contributed by atoms with Gasteiger partial charge in [-0.05, 0) is 37.0 Å². The van der Waals surface area contributed by atoms with Gasteiger partial charge in [0.2, 0.25) is 5.91 Å². The fourth-order valence-electron chi connectivity index (χ4n) is 3.42. The first-order valence-corrected chi connectivity index (χ1v) is 12.0. The van der Waals surface area contributed by atoms with Crippen molar-refractivity contribution in [2.45, 2.75) is 43.9 Å². The van der Waals surface area contributed by atoms with Gasteiger partial charge in [-0.1, -0.05) is 51.7 Å². The number of carbonyl (C=O) groups is 1. The molecule has 1 atom stereocenters. The van der Waals surface area contributed by atoms with Crippen LogP contribution in [-0.4, -0.2) is 52.9 Å². The third kappa shape index (κ3) is 6.38. The SMILES string of the molecule is O=C(CCCCC1CCSS1)N1CCN(Cc2cccc(Cl)c2)CC1. The molecule has 0 radical (unpaired) electrons. The third-order valence-corrected chi connectivity index (χ3v) is 8.16. The normalized spacial score (nSPS) is 21.6.